The van der Waals surface area contributed by atoms with Crippen molar-refractivity contribution in [2.45, 2.75) is 13.0 Å². The van der Waals surface area contributed by atoms with E-state index in [2.05, 4.69) is 10.4 Å². The molecule has 2 heterocycles. The third kappa shape index (κ3) is 3.56. The Morgan fingerprint density at radius 2 is 2.37 bits per heavy atom. The fourth-order valence-electron chi connectivity index (χ4n) is 1.76. The number of nitrogens with zero attached hydrogens (tertiary/aromatic N) is 2. The lowest BCUT2D eigenvalue weighted by atomic mass is 10.2. The Morgan fingerprint density at radius 3 is 3.00 bits per heavy atom. The van der Waals surface area contributed by atoms with Crippen LogP contribution in [-0.2, 0) is 20.0 Å². The lowest BCUT2D eigenvalue weighted by Crippen LogP contribution is -2.20. The van der Waals surface area contributed by atoms with Crippen molar-refractivity contribution in [1.82, 2.24) is 15.1 Å². The van der Waals surface area contributed by atoms with Gasteiger partial charge in [-0.1, -0.05) is 11.6 Å². The zero-order valence-electron chi connectivity index (χ0n) is 10.4. The predicted octanol–water partition coefficient (Wildman–Crippen LogP) is 2.17. The number of hydrogen-bond acceptors (Lipinski definition) is 4. The summed E-state index contributed by atoms with van der Waals surface area (Å²) in [7, 11) is 1.74. The summed E-state index contributed by atoms with van der Waals surface area (Å²) in [5.74, 6) is -0.949. The summed E-state index contributed by atoms with van der Waals surface area (Å²) in [6.07, 6.45) is 2.25. The highest BCUT2D eigenvalue weighted by Crippen LogP contribution is 2.21. The third-order valence-electron chi connectivity index (χ3n) is 2.76. The summed E-state index contributed by atoms with van der Waals surface area (Å²) < 4.78 is 2.37. The first kappa shape index (κ1) is 14.0. The molecule has 0 aromatic carbocycles. The highest BCUT2D eigenvalue weighted by atomic mass is 35.5. The largest absolute Gasteiger partial charge is 0.478 e. The number of carboxylic acids is 1. The molecule has 5 nitrogen and oxygen atoms in total. The quantitative estimate of drug-likeness (QED) is 0.802. The molecule has 0 saturated carbocycles. The molecule has 0 amide bonds. The van der Waals surface area contributed by atoms with Crippen LogP contribution in [0.5, 0.6) is 0 Å². The number of halogens is 1. The fraction of sp³-hybridized carbons (Fsp3) is 0.333. The second kappa shape index (κ2) is 6.18. The number of rotatable bonds is 6. The monoisotopic (exact) mass is 299 g/mol. The highest BCUT2D eigenvalue weighted by molar-refractivity contribution is 7.16. The van der Waals surface area contributed by atoms with Gasteiger partial charge in [0, 0.05) is 25.0 Å². The molecular formula is C12H14ClN3O2S. The molecule has 0 aliphatic carbocycles. The number of carbonyl (C=O) groups is 1. The van der Waals surface area contributed by atoms with E-state index in [1.165, 1.54) is 11.1 Å². The fourth-order valence-corrected chi connectivity index (χ4v) is 2.84. The molecule has 0 fully saturated rings. The van der Waals surface area contributed by atoms with E-state index in [0.717, 1.165) is 17.3 Å². The van der Waals surface area contributed by atoms with E-state index in [1.54, 1.807) is 23.1 Å². The molecule has 0 spiro atoms. The summed E-state index contributed by atoms with van der Waals surface area (Å²) in [6, 6.07) is 3.88. The van der Waals surface area contributed by atoms with Crippen molar-refractivity contribution in [3.8, 4) is 0 Å². The van der Waals surface area contributed by atoms with Gasteiger partial charge in [0.2, 0.25) is 0 Å². The van der Waals surface area contributed by atoms with E-state index in [4.69, 9.17) is 16.7 Å². The van der Waals surface area contributed by atoms with Gasteiger partial charge in [0.1, 0.15) is 5.56 Å². The molecular weight excluding hydrogens is 286 g/mol. The number of aryl methyl sites for hydroxylation is 1. The molecule has 19 heavy (non-hydrogen) atoms. The average molecular weight is 300 g/mol. The summed E-state index contributed by atoms with van der Waals surface area (Å²) in [4.78, 5) is 12.2. The minimum Gasteiger partial charge on any atom is -0.478 e. The van der Waals surface area contributed by atoms with Crippen molar-refractivity contribution in [1.29, 1.82) is 0 Å². The number of aromatic nitrogens is 2. The first-order valence-corrected chi connectivity index (χ1v) is 6.96. The molecule has 102 valence electrons. The van der Waals surface area contributed by atoms with Gasteiger partial charge in [-0.25, -0.2) is 4.79 Å². The highest BCUT2D eigenvalue weighted by Gasteiger charge is 2.14. The zero-order chi connectivity index (χ0) is 13.8. The van der Waals surface area contributed by atoms with Crippen LogP contribution in [0.1, 0.15) is 20.9 Å². The van der Waals surface area contributed by atoms with Crippen LogP contribution in [0.15, 0.2) is 18.3 Å². The van der Waals surface area contributed by atoms with Crippen LogP contribution in [0, 0.1) is 0 Å². The maximum Gasteiger partial charge on any atom is 0.339 e. The Bertz CT molecular complexity index is 579. The maximum absolute atomic E-state index is 11.0. The van der Waals surface area contributed by atoms with E-state index in [1.807, 2.05) is 12.1 Å². The normalized spacial score (nSPS) is 10.8. The number of hydrogen-bond donors (Lipinski definition) is 2. The Labute approximate surface area is 119 Å². The molecule has 0 bridgehead atoms. The molecule has 2 aromatic rings. The van der Waals surface area contributed by atoms with Crippen molar-refractivity contribution >= 4 is 28.9 Å². The molecule has 2 N–H and O–H groups in total. The van der Waals surface area contributed by atoms with Crippen LogP contribution in [0.2, 0.25) is 4.34 Å². The Balaban J connectivity index is 1.86. The van der Waals surface area contributed by atoms with E-state index < -0.39 is 5.97 Å². The topological polar surface area (TPSA) is 67.2 Å². The first-order valence-electron chi connectivity index (χ1n) is 5.77. The molecule has 0 aliphatic rings. The van der Waals surface area contributed by atoms with Crippen LogP contribution in [0.4, 0.5) is 0 Å². The lowest BCUT2D eigenvalue weighted by Gasteiger charge is -2.05. The maximum atomic E-state index is 11.0. The van der Waals surface area contributed by atoms with Gasteiger partial charge in [0.25, 0.3) is 0 Å². The number of nitrogens with one attached hydrogen (secondary N) is 1. The van der Waals surface area contributed by atoms with E-state index in [0.29, 0.717) is 12.2 Å². The lowest BCUT2D eigenvalue weighted by molar-refractivity contribution is 0.0695. The summed E-state index contributed by atoms with van der Waals surface area (Å²) in [5, 5.41) is 16.2. The number of aromatic carboxylic acids is 1. The average Bonchev–Trinajstić information content (AvgIpc) is 2.92. The van der Waals surface area contributed by atoms with Gasteiger partial charge >= 0.3 is 5.97 Å². The van der Waals surface area contributed by atoms with E-state index >= 15 is 0 Å². The Hall–Kier alpha value is -1.37. The van der Waals surface area contributed by atoms with Gasteiger partial charge in [-0.05, 0) is 18.6 Å². The van der Waals surface area contributed by atoms with Crippen LogP contribution in [0.25, 0.3) is 0 Å². The minimum atomic E-state index is -0.949. The smallest absolute Gasteiger partial charge is 0.339 e. The third-order valence-corrected chi connectivity index (χ3v) is 4.05. The predicted molar refractivity (Wildman–Crippen MR) is 74.9 cm³/mol. The van der Waals surface area contributed by atoms with Gasteiger partial charge in [0.15, 0.2) is 0 Å². The number of thiophene rings is 1. The van der Waals surface area contributed by atoms with Crippen molar-refractivity contribution in [3.05, 3.63) is 38.8 Å². The van der Waals surface area contributed by atoms with E-state index in [-0.39, 0.29) is 5.56 Å². The van der Waals surface area contributed by atoms with Crippen LogP contribution >= 0.6 is 22.9 Å². The summed E-state index contributed by atoms with van der Waals surface area (Å²) in [5.41, 5.74) is 0.922. The zero-order valence-corrected chi connectivity index (χ0v) is 12.0. The van der Waals surface area contributed by atoms with Gasteiger partial charge < -0.3 is 10.4 Å². The standard InChI is InChI=1S/C12H14ClN3O2S/c1-16-10(9(6-15-16)12(17)18)7-14-5-4-8-2-3-11(13)19-8/h2-3,6,14H,4-5,7H2,1H3,(H,17,18). The van der Waals surface area contributed by atoms with Crippen molar-refractivity contribution in [3.63, 3.8) is 0 Å². The van der Waals surface area contributed by atoms with Gasteiger partial charge in [-0.15, -0.1) is 11.3 Å². The molecule has 0 unspecified atom stereocenters. The van der Waals surface area contributed by atoms with Crippen molar-refractivity contribution < 1.29 is 9.90 Å². The van der Waals surface area contributed by atoms with Gasteiger partial charge in [-0.3, -0.25) is 4.68 Å². The SMILES string of the molecule is Cn1ncc(C(=O)O)c1CNCCc1ccc(Cl)s1. The van der Waals surface area contributed by atoms with Crippen molar-refractivity contribution in [2.24, 2.45) is 7.05 Å². The molecule has 0 saturated heterocycles. The molecule has 2 rings (SSSR count). The first-order chi connectivity index (χ1) is 9.08. The van der Waals surface area contributed by atoms with Crippen LogP contribution in [-0.4, -0.2) is 27.4 Å². The molecule has 7 heteroatoms. The number of carboxylic acid groups (broad SMARTS) is 1. The van der Waals surface area contributed by atoms with Crippen LogP contribution < -0.4 is 5.32 Å². The second-order valence-corrected chi connectivity index (χ2v) is 5.87. The van der Waals surface area contributed by atoms with Crippen LogP contribution in [0.3, 0.4) is 0 Å². The summed E-state index contributed by atoms with van der Waals surface area (Å²) in [6.45, 7) is 1.25. The summed E-state index contributed by atoms with van der Waals surface area (Å²) >= 11 is 7.41. The molecule has 0 aliphatic heterocycles. The van der Waals surface area contributed by atoms with Gasteiger partial charge in [-0.2, -0.15) is 5.10 Å². The minimum absolute atomic E-state index is 0.245. The second-order valence-electron chi connectivity index (χ2n) is 4.07. The molecule has 2 aromatic heterocycles. The molecule has 0 radical (unpaired) electrons. The van der Waals surface area contributed by atoms with E-state index in [9.17, 15) is 4.79 Å². The Morgan fingerprint density at radius 1 is 1.58 bits per heavy atom. The molecule has 0 atom stereocenters. The van der Waals surface area contributed by atoms with Crippen molar-refractivity contribution in [2.75, 3.05) is 6.54 Å². The Kier molecular flexibility index (Phi) is 4.57. The van der Waals surface area contributed by atoms with Gasteiger partial charge in [0.05, 0.1) is 16.2 Å².